The monoisotopic (exact) mass is 341 g/mol. The molecule has 1 aromatic carbocycles. The summed E-state index contributed by atoms with van der Waals surface area (Å²) < 4.78 is 7.81. The highest BCUT2D eigenvalue weighted by atomic mass is 32.1. The molecule has 1 fully saturated rings. The number of carbonyl (C=O) groups is 1. The fourth-order valence-corrected chi connectivity index (χ4v) is 3.88. The minimum Gasteiger partial charge on any atom is -0.491 e. The second-order valence-corrected chi connectivity index (χ2v) is 6.88. The summed E-state index contributed by atoms with van der Waals surface area (Å²) >= 11 is 1.58. The van der Waals surface area contributed by atoms with Crippen LogP contribution in [0.4, 0.5) is 0 Å². The molecule has 1 amide bonds. The van der Waals surface area contributed by atoms with Crippen LogP contribution in [0.2, 0.25) is 0 Å². The molecule has 24 heavy (non-hydrogen) atoms. The van der Waals surface area contributed by atoms with E-state index in [0.717, 1.165) is 35.8 Å². The van der Waals surface area contributed by atoms with Gasteiger partial charge in [0.1, 0.15) is 12.4 Å². The zero-order chi connectivity index (χ0) is 16.4. The molecule has 124 valence electrons. The normalized spacial score (nSPS) is 17.5. The first-order chi connectivity index (χ1) is 11.8. The maximum Gasteiger partial charge on any atom is 0.229 e. The molecular weight excluding hydrogens is 322 g/mol. The van der Waals surface area contributed by atoms with Crippen LogP contribution in [0.5, 0.6) is 5.75 Å². The van der Waals surface area contributed by atoms with Crippen molar-refractivity contribution in [3.05, 3.63) is 53.8 Å². The number of amides is 1. The lowest BCUT2D eigenvalue weighted by Crippen LogP contribution is -2.39. The molecule has 0 radical (unpaired) electrons. The van der Waals surface area contributed by atoms with Gasteiger partial charge in [0.15, 0.2) is 4.96 Å². The van der Waals surface area contributed by atoms with Gasteiger partial charge in [0.2, 0.25) is 5.91 Å². The first-order valence-electron chi connectivity index (χ1n) is 8.18. The van der Waals surface area contributed by atoms with Gasteiger partial charge in [-0.15, -0.1) is 11.3 Å². The van der Waals surface area contributed by atoms with Crippen LogP contribution in [0.3, 0.4) is 0 Å². The number of aromatic nitrogens is 2. The van der Waals surface area contributed by atoms with E-state index in [2.05, 4.69) is 4.98 Å². The Morgan fingerprint density at radius 1 is 1.33 bits per heavy atom. The number of rotatable bonds is 5. The van der Waals surface area contributed by atoms with Crippen molar-refractivity contribution in [2.24, 2.45) is 0 Å². The lowest BCUT2D eigenvalue weighted by molar-refractivity contribution is -0.131. The third kappa shape index (κ3) is 3.14. The molecule has 0 N–H and O–H groups in total. The van der Waals surface area contributed by atoms with Gasteiger partial charge in [-0.25, -0.2) is 4.98 Å². The van der Waals surface area contributed by atoms with Crippen molar-refractivity contribution in [3.63, 3.8) is 0 Å². The standard InChI is InChI=1S/C18H19N3O2S/c22-17(11-14-12-20-9-10-24-18(20)19-14)21-8-4-5-15(21)13-23-16-6-2-1-3-7-16/h1-3,6-7,9-10,12,15H,4-5,8,11,13H2. The zero-order valence-electron chi connectivity index (χ0n) is 13.3. The average Bonchev–Trinajstić information content (AvgIpc) is 3.29. The molecule has 0 spiro atoms. The van der Waals surface area contributed by atoms with Crippen molar-refractivity contribution < 1.29 is 9.53 Å². The van der Waals surface area contributed by atoms with E-state index in [1.807, 2.05) is 57.4 Å². The Kier molecular flexibility index (Phi) is 4.21. The fraction of sp³-hybridized carbons (Fsp3) is 0.333. The third-order valence-corrected chi connectivity index (χ3v) is 5.13. The highest BCUT2D eigenvalue weighted by Gasteiger charge is 2.29. The van der Waals surface area contributed by atoms with E-state index in [0.29, 0.717) is 13.0 Å². The van der Waals surface area contributed by atoms with Gasteiger partial charge in [-0.3, -0.25) is 9.20 Å². The van der Waals surface area contributed by atoms with Crippen LogP contribution in [0.15, 0.2) is 48.1 Å². The molecule has 1 atom stereocenters. The fourth-order valence-electron chi connectivity index (χ4n) is 3.16. The molecular formula is C18H19N3O2S. The predicted molar refractivity (Wildman–Crippen MR) is 93.4 cm³/mol. The highest BCUT2D eigenvalue weighted by Crippen LogP contribution is 2.21. The molecule has 0 bridgehead atoms. The molecule has 3 aromatic rings. The SMILES string of the molecule is O=C(Cc1cn2ccsc2n1)N1CCCC1COc1ccccc1. The van der Waals surface area contributed by atoms with Crippen LogP contribution >= 0.6 is 11.3 Å². The Balaban J connectivity index is 1.38. The number of fused-ring (bicyclic) bond motifs is 1. The van der Waals surface area contributed by atoms with Crippen molar-refractivity contribution in [2.45, 2.75) is 25.3 Å². The van der Waals surface area contributed by atoms with Crippen molar-refractivity contribution in [1.82, 2.24) is 14.3 Å². The third-order valence-electron chi connectivity index (χ3n) is 4.36. The zero-order valence-corrected chi connectivity index (χ0v) is 14.1. The molecule has 1 unspecified atom stereocenters. The molecule has 1 aliphatic rings. The van der Waals surface area contributed by atoms with Crippen LogP contribution in [0.1, 0.15) is 18.5 Å². The van der Waals surface area contributed by atoms with Crippen LogP contribution in [0.25, 0.3) is 4.96 Å². The van der Waals surface area contributed by atoms with Gasteiger partial charge in [0.05, 0.1) is 18.2 Å². The van der Waals surface area contributed by atoms with Gasteiger partial charge in [-0.05, 0) is 25.0 Å². The smallest absolute Gasteiger partial charge is 0.229 e. The molecule has 1 aliphatic heterocycles. The summed E-state index contributed by atoms with van der Waals surface area (Å²) in [6, 6.07) is 9.92. The summed E-state index contributed by atoms with van der Waals surface area (Å²) in [4.78, 5) is 20.1. The lowest BCUT2D eigenvalue weighted by atomic mass is 10.2. The number of hydrogen-bond acceptors (Lipinski definition) is 4. The molecule has 5 nitrogen and oxygen atoms in total. The second-order valence-electron chi connectivity index (χ2n) is 6.01. The van der Waals surface area contributed by atoms with Crippen molar-refractivity contribution in [3.8, 4) is 5.75 Å². The molecule has 6 heteroatoms. The quantitative estimate of drug-likeness (QED) is 0.717. The number of benzene rings is 1. The van der Waals surface area contributed by atoms with Crippen LogP contribution < -0.4 is 4.74 Å². The maximum atomic E-state index is 12.7. The van der Waals surface area contributed by atoms with Crippen molar-refractivity contribution in [2.75, 3.05) is 13.2 Å². The summed E-state index contributed by atoms with van der Waals surface area (Å²) in [5.74, 6) is 0.992. The number of thiazole rings is 1. The van der Waals surface area contributed by atoms with Crippen molar-refractivity contribution in [1.29, 1.82) is 0 Å². The minimum atomic E-state index is 0.139. The second kappa shape index (κ2) is 6.65. The van der Waals surface area contributed by atoms with Crippen LogP contribution in [-0.2, 0) is 11.2 Å². The van der Waals surface area contributed by atoms with E-state index in [4.69, 9.17) is 4.74 Å². The molecule has 0 aliphatic carbocycles. The topological polar surface area (TPSA) is 46.8 Å². The number of imidazole rings is 1. The average molecular weight is 341 g/mol. The summed E-state index contributed by atoms with van der Waals surface area (Å²) in [5.41, 5.74) is 0.835. The van der Waals surface area contributed by atoms with E-state index < -0.39 is 0 Å². The number of carbonyl (C=O) groups excluding carboxylic acids is 1. The van der Waals surface area contributed by atoms with Crippen molar-refractivity contribution >= 4 is 22.2 Å². The van der Waals surface area contributed by atoms with Gasteiger partial charge in [-0.2, -0.15) is 0 Å². The van der Waals surface area contributed by atoms with Gasteiger partial charge in [0, 0.05) is 24.3 Å². The molecule has 3 heterocycles. The maximum absolute atomic E-state index is 12.7. The van der Waals surface area contributed by atoms with Crippen LogP contribution in [0, 0.1) is 0 Å². The van der Waals surface area contributed by atoms with Gasteiger partial charge >= 0.3 is 0 Å². The number of nitrogens with zero attached hydrogens (tertiary/aromatic N) is 3. The number of ether oxygens (including phenoxy) is 1. The Hall–Kier alpha value is -2.34. The molecule has 1 saturated heterocycles. The molecule has 2 aromatic heterocycles. The largest absolute Gasteiger partial charge is 0.491 e. The summed E-state index contributed by atoms with van der Waals surface area (Å²) in [6.45, 7) is 1.36. The number of para-hydroxylation sites is 1. The van der Waals surface area contributed by atoms with Gasteiger partial charge in [-0.1, -0.05) is 18.2 Å². The van der Waals surface area contributed by atoms with Gasteiger partial charge < -0.3 is 9.64 Å². The number of likely N-dealkylation sites (tertiary alicyclic amines) is 1. The summed E-state index contributed by atoms with van der Waals surface area (Å²) in [6.07, 6.45) is 6.29. The predicted octanol–water partition coefficient (Wildman–Crippen LogP) is 3.01. The van der Waals surface area contributed by atoms with E-state index in [1.165, 1.54) is 0 Å². The summed E-state index contributed by atoms with van der Waals surface area (Å²) in [5, 5.41) is 1.99. The van der Waals surface area contributed by atoms with Gasteiger partial charge in [0.25, 0.3) is 0 Å². The summed E-state index contributed by atoms with van der Waals surface area (Å²) in [7, 11) is 0. The van der Waals surface area contributed by atoms with E-state index in [1.54, 1.807) is 11.3 Å². The van der Waals surface area contributed by atoms with Crippen LogP contribution in [-0.4, -0.2) is 39.4 Å². The Morgan fingerprint density at radius 3 is 3.04 bits per heavy atom. The first kappa shape index (κ1) is 15.2. The minimum absolute atomic E-state index is 0.139. The highest BCUT2D eigenvalue weighted by molar-refractivity contribution is 7.15. The number of hydrogen-bond donors (Lipinski definition) is 0. The van der Waals surface area contributed by atoms with E-state index >= 15 is 0 Å². The molecule has 4 rings (SSSR count). The Bertz CT molecular complexity index is 799. The van der Waals surface area contributed by atoms with E-state index in [-0.39, 0.29) is 11.9 Å². The van der Waals surface area contributed by atoms with E-state index in [9.17, 15) is 4.79 Å². The Labute approximate surface area is 144 Å². The lowest BCUT2D eigenvalue weighted by Gasteiger charge is -2.24. The first-order valence-corrected chi connectivity index (χ1v) is 9.06. The molecule has 0 saturated carbocycles. The Morgan fingerprint density at radius 2 is 2.21 bits per heavy atom.